The SMILES string of the molecule is O=[N+]([O-])c1ccc(NCCc2ncno2)cc1I. The average molecular weight is 360 g/mol. The minimum atomic E-state index is -0.399. The molecule has 0 unspecified atom stereocenters. The fourth-order valence-corrected chi connectivity index (χ4v) is 2.10. The summed E-state index contributed by atoms with van der Waals surface area (Å²) in [6.07, 6.45) is 1.96. The Labute approximate surface area is 116 Å². The standard InChI is InChI=1S/C10H9IN4O3/c11-8-5-7(1-2-9(8)15(16)17)12-4-3-10-13-6-14-18-10/h1-2,5-6,12H,3-4H2. The summed E-state index contributed by atoms with van der Waals surface area (Å²) < 4.78 is 5.45. The van der Waals surface area contributed by atoms with Crippen molar-refractivity contribution in [2.24, 2.45) is 0 Å². The number of rotatable bonds is 5. The van der Waals surface area contributed by atoms with Crippen molar-refractivity contribution in [3.8, 4) is 0 Å². The first-order chi connectivity index (χ1) is 8.66. The second-order valence-electron chi connectivity index (χ2n) is 3.44. The van der Waals surface area contributed by atoms with Gasteiger partial charge in [0.25, 0.3) is 5.69 Å². The zero-order chi connectivity index (χ0) is 13.0. The number of nitrogens with zero attached hydrogens (tertiary/aromatic N) is 3. The molecule has 2 aromatic rings. The number of nitro benzene ring substituents is 1. The third-order valence-electron chi connectivity index (χ3n) is 2.22. The fourth-order valence-electron chi connectivity index (χ4n) is 1.38. The number of anilines is 1. The highest BCUT2D eigenvalue weighted by molar-refractivity contribution is 14.1. The summed E-state index contributed by atoms with van der Waals surface area (Å²) in [5.41, 5.74) is 0.933. The summed E-state index contributed by atoms with van der Waals surface area (Å²) in [5.74, 6) is 0.555. The molecule has 0 spiro atoms. The van der Waals surface area contributed by atoms with Gasteiger partial charge in [-0.25, -0.2) is 0 Å². The van der Waals surface area contributed by atoms with Gasteiger partial charge in [-0.3, -0.25) is 10.1 Å². The predicted molar refractivity (Wildman–Crippen MR) is 72.3 cm³/mol. The van der Waals surface area contributed by atoms with Crippen LogP contribution < -0.4 is 5.32 Å². The molecule has 1 aromatic carbocycles. The van der Waals surface area contributed by atoms with Gasteiger partial charge in [-0.15, -0.1) is 0 Å². The molecule has 1 N–H and O–H groups in total. The lowest BCUT2D eigenvalue weighted by Crippen LogP contribution is -2.05. The van der Waals surface area contributed by atoms with E-state index in [1.165, 1.54) is 12.4 Å². The largest absolute Gasteiger partial charge is 0.384 e. The predicted octanol–water partition coefficient (Wildman–Crippen LogP) is 2.24. The van der Waals surface area contributed by atoms with Gasteiger partial charge in [-0.1, -0.05) is 5.16 Å². The van der Waals surface area contributed by atoms with Gasteiger partial charge < -0.3 is 9.84 Å². The molecule has 0 saturated carbocycles. The normalized spacial score (nSPS) is 10.3. The molecule has 0 atom stereocenters. The molecule has 2 rings (SSSR count). The Morgan fingerprint density at radius 3 is 2.94 bits per heavy atom. The highest BCUT2D eigenvalue weighted by atomic mass is 127. The summed E-state index contributed by atoms with van der Waals surface area (Å²) in [5, 5.41) is 17.3. The van der Waals surface area contributed by atoms with E-state index in [0.29, 0.717) is 22.4 Å². The maximum atomic E-state index is 10.7. The van der Waals surface area contributed by atoms with Gasteiger partial charge in [0.2, 0.25) is 5.89 Å². The number of benzene rings is 1. The van der Waals surface area contributed by atoms with E-state index in [1.54, 1.807) is 12.1 Å². The van der Waals surface area contributed by atoms with Gasteiger partial charge in [0.1, 0.15) is 0 Å². The van der Waals surface area contributed by atoms with Crippen LogP contribution in [0.25, 0.3) is 0 Å². The molecule has 18 heavy (non-hydrogen) atoms. The Bertz CT molecular complexity index is 544. The minimum Gasteiger partial charge on any atom is -0.384 e. The van der Waals surface area contributed by atoms with E-state index < -0.39 is 4.92 Å². The lowest BCUT2D eigenvalue weighted by Gasteiger charge is -2.05. The molecule has 0 saturated heterocycles. The van der Waals surface area contributed by atoms with E-state index in [4.69, 9.17) is 4.52 Å². The van der Waals surface area contributed by atoms with Gasteiger partial charge in [-0.2, -0.15) is 4.98 Å². The average Bonchev–Trinajstić information content (AvgIpc) is 2.81. The van der Waals surface area contributed by atoms with Crippen molar-refractivity contribution >= 4 is 34.0 Å². The lowest BCUT2D eigenvalue weighted by molar-refractivity contribution is -0.385. The van der Waals surface area contributed by atoms with E-state index >= 15 is 0 Å². The Hall–Kier alpha value is -1.71. The Morgan fingerprint density at radius 2 is 2.33 bits per heavy atom. The molecule has 8 heteroatoms. The number of aromatic nitrogens is 2. The van der Waals surface area contributed by atoms with Gasteiger partial charge in [-0.05, 0) is 34.7 Å². The summed E-state index contributed by atoms with van der Waals surface area (Å²) in [6, 6.07) is 4.89. The highest BCUT2D eigenvalue weighted by Crippen LogP contribution is 2.23. The van der Waals surface area contributed by atoms with Crippen molar-refractivity contribution < 1.29 is 9.45 Å². The van der Waals surface area contributed by atoms with E-state index in [0.717, 1.165) is 5.69 Å². The molecule has 0 aliphatic rings. The van der Waals surface area contributed by atoms with E-state index in [9.17, 15) is 10.1 Å². The maximum absolute atomic E-state index is 10.7. The molecular weight excluding hydrogens is 351 g/mol. The van der Waals surface area contributed by atoms with Gasteiger partial charge in [0.15, 0.2) is 6.33 Å². The monoisotopic (exact) mass is 360 g/mol. The van der Waals surface area contributed by atoms with Crippen molar-refractivity contribution in [1.29, 1.82) is 0 Å². The quantitative estimate of drug-likeness (QED) is 0.499. The molecule has 94 valence electrons. The summed E-state index contributed by atoms with van der Waals surface area (Å²) in [6.45, 7) is 0.621. The third kappa shape index (κ3) is 3.15. The van der Waals surface area contributed by atoms with Crippen LogP contribution in [0.3, 0.4) is 0 Å². The number of halogens is 1. The van der Waals surface area contributed by atoms with E-state index in [-0.39, 0.29) is 5.69 Å². The van der Waals surface area contributed by atoms with Crippen molar-refractivity contribution in [2.75, 3.05) is 11.9 Å². The van der Waals surface area contributed by atoms with Crippen LogP contribution in [0.5, 0.6) is 0 Å². The van der Waals surface area contributed by atoms with Crippen molar-refractivity contribution in [1.82, 2.24) is 10.1 Å². The molecule has 1 heterocycles. The first-order valence-corrected chi connectivity index (χ1v) is 6.18. The molecular formula is C10H9IN4O3. The van der Waals surface area contributed by atoms with Crippen LogP contribution in [0, 0.1) is 13.7 Å². The molecule has 1 aromatic heterocycles. The molecule has 0 aliphatic carbocycles. The number of hydrogen-bond acceptors (Lipinski definition) is 6. The van der Waals surface area contributed by atoms with Crippen molar-refractivity contribution in [3.05, 3.63) is 44.1 Å². The van der Waals surface area contributed by atoms with Crippen LogP contribution in [-0.2, 0) is 6.42 Å². The third-order valence-corrected chi connectivity index (χ3v) is 3.08. The number of hydrogen-bond donors (Lipinski definition) is 1. The number of nitrogens with one attached hydrogen (secondary N) is 1. The van der Waals surface area contributed by atoms with Crippen molar-refractivity contribution in [2.45, 2.75) is 6.42 Å². The van der Waals surface area contributed by atoms with Crippen LogP contribution in [-0.4, -0.2) is 21.6 Å². The molecule has 0 radical (unpaired) electrons. The molecule has 0 fully saturated rings. The fraction of sp³-hybridized carbons (Fsp3) is 0.200. The summed E-state index contributed by atoms with van der Waals surface area (Å²) in [4.78, 5) is 14.2. The van der Waals surface area contributed by atoms with Gasteiger partial charge >= 0.3 is 0 Å². The Kier molecular flexibility index (Phi) is 4.07. The van der Waals surface area contributed by atoms with Crippen LogP contribution in [0.15, 0.2) is 29.0 Å². The highest BCUT2D eigenvalue weighted by Gasteiger charge is 2.11. The molecule has 0 aliphatic heterocycles. The second-order valence-corrected chi connectivity index (χ2v) is 4.60. The first kappa shape index (κ1) is 12.7. The van der Waals surface area contributed by atoms with Gasteiger partial charge in [0.05, 0.1) is 8.49 Å². The molecule has 7 nitrogen and oxygen atoms in total. The molecule has 0 bridgehead atoms. The zero-order valence-corrected chi connectivity index (χ0v) is 11.3. The smallest absolute Gasteiger partial charge is 0.282 e. The second kappa shape index (κ2) is 5.76. The Morgan fingerprint density at radius 1 is 1.50 bits per heavy atom. The van der Waals surface area contributed by atoms with Crippen LogP contribution in [0.4, 0.5) is 11.4 Å². The van der Waals surface area contributed by atoms with E-state index in [1.807, 2.05) is 22.6 Å². The van der Waals surface area contributed by atoms with Gasteiger partial charge in [0, 0.05) is 24.7 Å². The van der Waals surface area contributed by atoms with Crippen molar-refractivity contribution in [3.63, 3.8) is 0 Å². The minimum absolute atomic E-state index is 0.109. The zero-order valence-electron chi connectivity index (χ0n) is 9.17. The van der Waals surface area contributed by atoms with Crippen LogP contribution in [0.1, 0.15) is 5.89 Å². The summed E-state index contributed by atoms with van der Waals surface area (Å²) >= 11 is 1.94. The molecule has 0 amide bonds. The first-order valence-electron chi connectivity index (χ1n) is 5.10. The van der Waals surface area contributed by atoms with E-state index in [2.05, 4.69) is 15.5 Å². The maximum Gasteiger partial charge on any atom is 0.282 e. The lowest BCUT2D eigenvalue weighted by atomic mass is 10.3. The van der Waals surface area contributed by atoms with Crippen LogP contribution >= 0.6 is 22.6 Å². The number of nitro groups is 1. The van der Waals surface area contributed by atoms with Crippen LogP contribution in [0.2, 0.25) is 0 Å². The topological polar surface area (TPSA) is 94.1 Å². The Balaban J connectivity index is 1.94. The summed E-state index contributed by atoms with van der Waals surface area (Å²) in [7, 11) is 0.